The zero-order valence-electron chi connectivity index (χ0n) is 18.2. The number of anilines is 2. The molecular formula is C21H26N6O4S. The second-order valence-corrected chi connectivity index (χ2v) is 10.2. The Hall–Kier alpha value is -2.92. The quantitative estimate of drug-likeness (QED) is 0.577. The van der Waals surface area contributed by atoms with Crippen molar-refractivity contribution in [2.24, 2.45) is 7.05 Å². The Morgan fingerprint density at radius 1 is 0.938 bits per heavy atom. The van der Waals surface area contributed by atoms with Crippen molar-refractivity contribution in [1.29, 1.82) is 0 Å². The van der Waals surface area contributed by atoms with Crippen LogP contribution in [0.25, 0.3) is 11.1 Å². The summed E-state index contributed by atoms with van der Waals surface area (Å²) in [5.74, 6) is 1.08. The van der Waals surface area contributed by atoms with Crippen molar-refractivity contribution in [2.75, 3.05) is 49.1 Å². The van der Waals surface area contributed by atoms with Crippen LogP contribution in [0.4, 0.5) is 11.8 Å². The Bertz CT molecular complexity index is 1320. The zero-order valence-corrected chi connectivity index (χ0v) is 19.0. The van der Waals surface area contributed by atoms with Gasteiger partial charge in [-0.25, -0.2) is 18.2 Å². The van der Waals surface area contributed by atoms with Crippen LogP contribution in [-0.4, -0.2) is 66.5 Å². The lowest BCUT2D eigenvalue weighted by Gasteiger charge is -2.35. The minimum absolute atomic E-state index is 0.157. The summed E-state index contributed by atoms with van der Waals surface area (Å²) in [6.07, 6.45) is 2.31. The molecule has 3 aromatic rings. The number of hydrogen-bond acceptors (Lipinski definition) is 8. The average Bonchev–Trinajstić information content (AvgIpc) is 3.42. The molecule has 2 aliphatic heterocycles. The molecule has 10 nitrogen and oxygen atoms in total. The van der Waals surface area contributed by atoms with E-state index in [4.69, 9.17) is 9.40 Å². The first kappa shape index (κ1) is 21.0. The fourth-order valence-corrected chi connectivity index (χ4v) is 5.77. The minimum Gasteiger partial charge on any atom is -0.408 e. The predicted molar refractivity (Wildman–Crippen MR) is 121 cm³/mol. The summed E-state index contributed by atoms with van der Waals surface area (Å²) in [6.45, 7) is 5.70. The molecule has 2 aliphatic rings. The highest BCUT2D eigenvalue weighted by Crippen LogP contribution is 2.25. The van der Waals surface area contributed by atoms with Gasteiger partial charge in [0, 0.05) is 58.1 Å². The summed E-state index contributed by atoms with van der Waals surface area (Å²) < 4.78 is 34.4. The zero-order chi connectivity index (χ0) is 22.5. The molecule has 2 fully saturated rings. The maximum atomic E-state index is 13.2. The van der Waals surface area contributed by atoms with Crippen molar-refractivity contribution in [1.82, 2.24) is 18.8 Å². The van der Waals surface area contributed by atoms with Crippen LogP contribution < -0.4 is 15.6 Å². The largest absolute Gasteiger partial charge is 0.419 e. The molecule has 11 heteroatoms. The third kappa shape index (κ3) is 3.65. The third-order valence-electron chi connectivity index (χ3n) is 6.18. The Balaban J connectivity index is 1.34. The van der Waals surface area contributed by atoms with E-state index < -0.39 is 15.8 Å². The van der Waals surface area contributed by atoms with Gasteiger partial charge in [0.15, 0.2) is 5.58 Å². The van der Waals surface area contributed by atoms with E-state index in [-0.39, 0.29) is 4.90 Å². The first-order valence-electron chi connectivity index (χ1n) is 10.8. The molecular weight excluding hydrogens is 432 g/mol. The lowest BCUT2D eigenvalue weighted by Crippen LogP contribution is -2.49. The molecule has 0 spiro atoms. The molecule has 0 N–H and O–H groups in total. The molecule has 32 heavy (non-hydrogen) atoms. The Morgan fingerprint density at radius 2 is 1.66 bits per heavy atom. The van der Waals surface area contributed by atoms with E-state index in [1.165, 1.54) is 27.1 Å². The van der Waals surface area contributed by atoms with Crippen molar-refractivity contribution in [3.63, 3.8) is 0 Å². The number of oxazole rings is 1. The second-order valence-electron chi connectivity index (χ2n) is 8.31. The molecule has 2 saturated heterocycles. The van der Waals surface area contributed by atoms with E-state index in [9.17, 15) is 13.2 Å². The maximum absolute atomic E-state index is 13.2. The Labute approximate surface area is 186 Å². The van der Waals surface area contributed by atoms with Crippen molar-refractivity contribution < 1.29 is 12.8 Å². The number of piperazine rings is 1. The molecule has 0 amide bonds. The molecule has 5 rings (SSSR count). The minimum atomic E-state index is -3.69. The van der Waals surface area contributed by atoms with Gasteiger partial charge in [0.05, 0.1) is 10.4 Å². The van der Waals surface area contributed by atoms with Crippen LogP contribution in [-0.2, 0) is 17.1 Å². The number of aryl methyl sites for hydroxylation is 2. The molecule has 0 saturated carbocycles. The van der Waals surface area contributed by atoms with Crippen molar-refractivity contribution >= 4 is 32.9 Å². The SMILES string of the molecule is Cc1cc(N2CCN(S(=O)(=O)c3ccc4oc(=O)n(C)c4c3)CC2)nc(N2CCCC2)n1. The number of aromatic nitrogens is 3. The van der Waals surface area contributed by atoms with E-state index in [1.54, 1.807) is 7.05 Å². The van der Waals surface area contributed by atoms with Crippen LogP contribution in [0.15, 0.2) is 38.4 Å². The summed E-state index contributed by atoms with van der Waals surface area (Å²) in [5.41, 5.74) is 1.74. The first-order valence-corrected chi connectivity index (χ1v) is 12.2. The van der Waals surface area contributed by atoms with Crippen LogP contribution in [0, 0.1) is 6.92 Å². The van der Waals surface area contributed by atoms with Gasteiger partial charge in [0.2, 0.25) is 16.0 Å². The molecule has 0 atom stereocenters. The standard InChI is InChI=1S/C21H26N6O4S/c1-15-13-19(23-20(22-15)26-7-3-4-8-26)25-9-11-27(12-10-25)32(29,30)16-5-6-18-17(14-16)24(2)21(28)31-18/h5-6,13-14H,3-4,7-12H2,1-2H3. The number of sulfonamides is 1. The number of benzene rings is 1. The van der Waals surface area contributed by atoms with Crippen molar-refractivity contribution in [2.45, 2.75) is 24.7 Å². The highest BCUT2D eigenvalue weighted by Gasteiger charge is 2.30. The third-order valence-corrected chi connectivity index (χ3v) is 8.08. The van der Waals surface area contributed by atoms with Crippen LogP contribution >= 0.6 is 0 Å². The molecule has 170 valence electrons. The fraction of sp³-hybridized carbons (Fsp3) is 0.476. The molecule has 1 aromatic carbocycles. The summed E-state index contributed by atoms with van der Waals surface area (Å²) >= 11 is 0. The summed E-state index contributed by atoms with van der Waals surface area (Å²) in [7, 11) is -2.13. The number of fused-ring (bicyclic) bond motifs is 1. The smallest absolute Gasteiger partial charge is 0.408 e. The van der Waals surface area contributed by atoms with Crippen molar-refractivity contribution in [3.8, 4) is 0 Å². The summed E-state index contributed by atoms with van der Waals surface area (Å²) in [6, 6.07) is 6.47. The van der Waals surface area contributed by atoms with Gasteiger partial charge in [-0.2, -0.15) is 9.29 Å². The van der Waals surface area contributed by atoms with Gasteiger partial charge in [0.1, 0.15) is 5.82 Å². The highest BCUT2D eigenvalue weighted by molar-refractivity contribution is 7.89. The van der Waals surface area contributed by atoms with Crippen LogP contribution in [0.2, 0.25) is 0 Å². The summed E-state index contributed by atoms with van der Waals surface area (Å²) in [5, 5.41) is 0. The van der Waals surface area contributed by atoms with Crippen molar-refractivity contribution in [3.05, 3.63) is 40.5 Å². The normalized spacial score (nSPS) is 18.1. The summed E-state index contributed by atoms with van der Waals surface area (Å²) in [4.78, 5) is 25.5. The Morgan fingerprint density at radius 3 is 2.38 bits per heavy atom. The van der Waals surface area contributed by atoms with E-state index in [2.05, 4.69) is 14.8 Å². The average molecular weight is 459 g/mol. The predicted octanol–water partition coefficient (Wildman–Crippen LogP) is 1.34. The van der Waals surface area contributed by atoms with Crippen LogP contribution in [0.1, 0.15) is 18.5 Å². The van der Waals surface area contributed by atoms with Crippen LogP contribution in [0.5, 0.6) is 0 Å². The highest BCUT2D eigenvalue weighted by atomic mass is 32.2. The van der Waals surface area contributed by atoms with Gasteiger partial charge in [0.25, 0.3) is 0 Å². The fourth-order valence-electron chi connectivity index (χ4n) is 4.33. The van der Waals surface area contributed by atoms with E-state index in [0.29, 0.717) is 37.3 Å². The van der Waals surface area contributed by atoms with Gasteiger partial charge in [-0.15, -0.1) is 0 Å². The van der Waals surface area contributed by atoms with Gasteiger partial charge in [-0.3, -0.25) is 4.57 Å². The van der Waals surface area contributed by atoms with E-state index in [1.807, 2.05) is 13.0 Å². The topological polar surface area (TPSA) is 105 Å². The monoisotopic (exact) mass is 458 g/mol. The number of rotatable bonds is 4. The molecule has 2 aromatic heterocycles. The van der Waals surface area contributed by atoms with Gasteiger partial charge in [-0.1, -0.05) is 0 Å². The second kappa shape index (κ2) is 7.89. The van der Waals surface area contributed by atoms with Gasteiger partial charge < -0.3 is 14.2 Å². The Kier molecular flexibility index (Phi) is 5.17. The molecule has 4 heterocycles. The van der Waals surface area contributed by atoms with Gasteiger partial charge in [-0.05, 0) is 38.0 Å². The first-order chi connectivity index (χ1) is 15.3. The van der Waals surface area contributed by atoms with Crippen LogP contribution in [0.3, 0.4) is 0 Å². The molecule has 0 radical (unpaired) electrons. The van der Waals surface area contributed by atoms with E-state index in [0.717, 1.165) is 43.4 Å². The molecule has 0 unspecified atom stereocenters. The maximum Gasteiger partial charge on any atom is 0.419 e. The molecule has 0 bridgehead atoms. The lowest BCUT2D eigenvalue weighted by molar-refractivity contribution is 0.384. The van der Waals surface area contributed by atoms with Gasteiger partial charge >= 0.3 is 5.76 Å². The van der Waals surface area contributed by atoms with E-state index >= 15 is 0 Å². The lowest BCUT2D eigenvalue weighted by atomic mass is 10.3. The number of nitrogens with zero attached hydrogens (tertiary/aromatic N) is 6. The molecule has 0 aliphatic carbocycles. The number of hydrogen-bond donors (Lipinski definition) is 0.